The second-order valence-electron chi connectivity index (χ2n) is 13.7. The van der Waals surface area contributed by atoms with E-state index in [0.29, 0.717) is 0 Å². The Morgan fingerprint density at radius 3 is 1.58 bits per heavy atom. The van der Waals surface area contributed by atoms with Gasteiger partial charge >= 0.3 is 0 Å². The fourth-order valence-corrected chi connectivity index (χ4v) is 8.77. The van der Waals surface area contributed by atoms with Crippen molar-refractivity contribution in [3.63, 3.8) is 0 Å². The van der Waals surface area contributed by atoms with Gasteiger partial charge < -0.3 is 9.64 Å². The number of nitrogens with zero attached hydrogens (tertiary/aromatic N) is 1. The van der Waals surface area contributed by atoms with Crippen LogP contribution in [0.3, 0.4) is 0 Å². The van der Waals surface area contributed by atoms with E-state index in [0.717, 1.165) is 17.2 Å². The van der Waals surface area contributed by atoms with Crippen LogP contribution >= 0.6 is 0 Å². The van der Waals surface area contributed by atoms with Crippen LogP contribution in [0.25, 0.3) is 22.3 Å². The highest BCUT2D eigenvalue weighted by atomic mass is 16.5. The molecule has 1 spiro atoms. The highest BCUT2D eigenvalue weighted by molar-refractivity contribution is 5.95. The number of ether oxygens (including phenoxy) is 1. The first-order valence-corrected chi connectivity index (χ1v) is 18.8. The van der Waals surface area contributed by atoms with Crippen LogP contribution < -0.4 is 9.64 Å². The predicted molar refractivity (Wildman–Crippen MR) is 219 cm³/mol. The molecule has 0 unspecified atom stereocenters. The van der Waals surface area contributed by atoms with Gasteiger partial charge in [-0.3, -0.25) is 0 Å². The van der Waals surface area contributed by atoms with Crippen molar-refractivity contribution in [1.82, 2.24) is 0 Å². The lowest BCUT2D eigenvalue weighted by Gasteiger charge is -2.49. The van der Waals surface area contributed by atoms with Crippen LogP contribution in [0, 0.1) is 0 Å². The number of para-hydroxylation sites is 3. The molecule has 1 aliphatic carbocycles. The van der Waals surface area contributed by atoms with Crippen molar-refractivity contribution in [2.24, 2.45) is 0 Å². The van der Waals surface area contributed by atoms with Gasteiger partial charge in [-0.15, -0.1) is 0 Å². The maximum absolute atomic E-state index is 6.67. The normalized spacial score (nSPS) is 14.4. The van der Waals surface area contributed by atoms with E-state index in [-0.39, 0.29) is 5.41 Å². The second-order valence-corrected chi connectivity index (χ2v) is 13.7. The molecule has 0 saturated heterocycles. The van der Waals surface area contributed by atoms with E-state index in [4.69, 9.17) is 4.74 Å². The van der Waals surface area contributed by atoms with Crippen molar-refractivity contribution in [2.75, 3.05) is 4.90 Å². The van der Waals surface area contributed by atoms with E-state index >= 15 is 0 Å². The number of hydrogen-bond acceptors (Lipinski definition) is 2. The first-order chi connectivity index (χ1) is 25.6. The van der Waals surface area contributed by atoms with Crippen molar-refractivity contribution in [3.05, 3.63) is 197 Å². The number of benzene rings is 7. The topological polar surface area (TPSA) is 12.5 Å². The molecule has 7 aromatic carbocycles. The van der Waals surface area contributed by atoms with Crippen molar-refractivity contribution in [2.45, 2.75) is 52.4 Å². The van der Waals surface area contributed by atoms with Crippen LogP contribution in [0.4, 0.5) is 17.1 Å². The van der Waals surface area contributed by atoms with Crippen molar-refractivity contribution in [1.29, 1.82) is 0 Å². The number of anilines is 3. The summed E-state index contributed by atoms with van der Waals surface area (Å²) in [7, 11) is 0. The zero-order valence-electron chi connectivity index (χ0n) is 30.9. The van der Waals surface area contributed by atoms with Crippen molar-refractivity contribution in [3.8, 4) is 33.8 Å². The third kappa shape index (κ3) is 4.70. The monoisotopic (exact) mass is 675 g/mol. The van der Waals surface area contributed by atoms with Gasteiger partial charge in [0.15, 0.2) is 0 Å². The average Bonchev–Trinajstić information content (AvgIpc) is 3.44. The molecule has 0 bridgehead atoms. The van der Waals surface area contributed by atoms with E-state index in [1.807, 2.05) is 27.7 Å². The molecular weight excluding hydrogens is 631 g/mol. The first kappa shape index (κ1) is 33.3. The minimum absolute atomic E-state index is 0.147. The summed E-state index contributed by atoms with van der Waals surface area (Å²) in [4.78, 5) is 2.49. The molecule has 2 heterocycles. The van der Waals surface area contributed by atoms with E-state index in [1.54, 1.807) is 0 Å². The van der Waals surface area contributed by atoms with E-state index in [1.165, 1.54) is 67.0 Å². The molecule has 0 atom stereocenters. The van der Waals surface area contributed by atoms with E-state index in [2.05, 4.69) is 183 Å². The molecule has 0 N–H and O–H groups in total. The maximum atomic E-state index is 6.67. The zero-order chi connectivity index (χ0) is 36.0. The molecule has 0 amide bonds. The largest absolute Gasteiger partial charge is 0.457 e. The molecule has 0 aromatic heterocycles. The van der Waals surface area contributed by atoms with Crippen molar-refractivity contribution >= 4 is 17.1 Å². The standard InChI is InChI=1S/C46H33NO.2C2H6/c1-45(2)35-17-7-6-16-33(35)34-28-42-40(29-39(34)45)46(37-19-9-12-22-43(37)48-44-23-13-10-20-38(44)46)36-18-8-11-21-41(36)47(42)32-26-24-31(25-27-32)30-14-4-3-5-15-30;2*1-2/h3-29H,1-2H3;2*1-2H3. The molecular formula is C50H45NO. The summed E-state index contributed by atoms with van der Waals surface area (Å²) >= 11 is 0. The summed E-state index contributed by atoms with van der Waals surface area (Å²) in [5.74, 6) is 1.81. The zero-order valence-corrected chi connectivity index (χ0v) is 30.9. The summed E-state index contributed by atoms with van der Waals surface area (Å²) in [6.45, 7) is 12.7. The van der Waals surface area contributed by atoms with Crippen LogP contribution in [0.15, 0.2) is 164 Å². The smallest absolute Gasteiger partial charge is 0.132 e. The Balaban J connectivity index is 0.000000937. The minimum atomic E-state index is -0.586. The summed E-state index contributed by atoms with van der Waals surface area (Å²) in [6.07, 6.45) is 0. The van der Waals surface area contributed by atoms with Gasteiger partial charge in [-0.1, -0.05) is 169 Å². The summed E-state index contributed by atoms with van der Waals surface area (Å²) in [5.41, 5.74) is 15.4. The van der Waals surface area contributed by atoms with Crippen LogP contribution in [0.2, 0.25) is 0 Å². The first-order valence-electron chi connectivity index (χ1n) is 18.8. The molecule has 0 radical (unpaired) electrons. The van der Waals surface area contributed by atoms with Gasteiger partial charge in [0.25, 0.3) is 0 Å². The SMILES string of the molecule is CC.CC.CC1(C)c2ccccc2-c2cc3c(cc21)C1(c2ccccc2Oc2ccccc21)c1ccccc1N3c1ccc(-c2ccccc2)cc1. The molecule has 0 saturated carbocycles. The molecule has 256 valence electrons. The Morgan fingerprint density at radius 2 is 0.923 bits per heavy atom. The third-order valence-corrected chi connectivity index (χ3v) is 10.9. The molecule has 2 aliphatic heterocycles. The Kier molecular flexibility index (Phi) is 8.35. The molecule has 10 rings (SSSR count). The third-order valence-electron chi connectivity index (χ3n) is 10.9. The van der Waals surface area contributed by atoms with Gasteiger partial charge in [-0.2, -0.15) is 0 Å². The summed E-state index contributed by atoms with van der Waals surface area (Å²) < 4.78 is 6.67. The number of rotatable bonds is 2. The second kappa shape index (κ2) is 13.0. The number of hydrogen-bond donors (Lipinski definition) is 0. The lowest BCUT2D eigenvalue weighted by Crippen LogP contribution is -2.40. The average molecular weight is 676 g/mol. The van der Waals surface area contributed by atoms with Crippen LogP contribution in [-0.2, 0) is 10.8 Å². The van der Waals surface area contributed by atoms with Gasteiger partial charge in [0, 0.05) is 22.2 Å². The Labute approximate surface area is 309 Å². The highest BCUT2D eigenvalue weighted by Gasteiger charge is 2.52. The van der Waals surface area contributed by atoms with Crippen LogP contribution in [0.1, 0.15) is 74.9 Å². The quantitative estimate of drug-likeness (QED) is 0.181. The van der Waals surface area contributed by atoms with Gasteiger partial charge in [0.1, 0.15) is 11.5 Å². The summed E-state index contributed by atoms with van der Waals surface area (Å²) in [5, 5.41) is 0. The minimum Gasteiger partial charge on any atom is -0.457 e. The fourth-order valence-electron chi connectivity index (χ4n) is 8.77. The van der Waals surface area contributed by atoms with Gasteiger partial charge in [-0.05, 0) is 80.9 Å². The molecule has 2 nitrogen and oxygen atoms in total. The Bertz CT molecular complexity index is 2360. The highest BCUT2D eigenvalue weighted by Crippen LogP contribution is 2.64. The molecule has 7 aromatic rings. The lowest BCUT2D eigenvalue weighted by atomic mass is 9.60. The molecule has 3 aliphatic rings. The Morgan fingerprint density at radius 1 is 0.404 bits per heavy atom. The molecule has 2 heteroatoms. The predicted octanol–water partition coefficient (Wildman–Crippen LogP) is 14.0. The molecule has 52 heavy (non-hydrogen) atoms. The van der Waals surface area contributed by atoms with Gasteiger partial charge in [0.05, 0.1) is 16.8 Å². The maximum Gasteiger partial charge on any atom is 0.132 e. The number of fused-ring (bicyclic) bond motifs is 11. The van der Waals surface area contributed by atoms with Gasteiger partial charge in [-0.25, -0.2) is 0 Å². The lowest BCUT2D eigenvalue weighted by molar-refractivity contribution is 0.434. The molecule has 0 fully saturated rings. The van der Waals surface area contributed by atoms with Crippen LogP contribution in [-0.4, -0.2) is 0 Å². The van der Waals surface area contributed by atoms with Crippen molar-refractivity contribution < 1.29 is 4.74 Å². The van der Waals surface area contributed by atoms with E-state index < -0.39 is 5.41 Å². The van der Waals surface area contributed by atoms with Gasteiger partial charge in [0.2, 0.25) is 0 Å². The fraction of sp³-hybridized carbons (Fsp3) is 0.160. The Hall–Kier alpha value is -5.86. The van der Waals surface area contributed by atoms with E-state index in [9.17, 15) is 0 Å². The van der Waals surface area contributed by atoms with Crippen LogP contribution in [0.5, 0.6) is 11.5 Å². The summed E-state index contributed by atoms with van der Waals surface area (Å²) in [6, 6.07) is 59.9.